The summed E-state index contributed by atoms with van der Waals surface area (Å²) in [4.78, 5) is 23.7. The molecule has 1 amide bonds. The smallest absolute Gasteiger partial charge is 0.349 e. The van der Waals surface area contributed by atoms with Crippen molar-refractivity contribution in [3.63, 3.8) is 0 Å². The van der Waals surface area contributed by atoms with Crippen LogP contribution in [0.5, 0.6) is 5.75 Å². The summed E-state index contributed by atoms with van der Waals surface area (Å²) >= 11 is 0. The Morgan fingerprint density at radius 1 is 1.38 bits per heavy atom. The lowest BCUT2D eigenvalue weighted by atomic mass is 10.1. The van der Waals surface area contributed by atoms with Crippen LogP contribution in [0.15, 0.2) is 29.8 Å². The molecule has 138 valence electrons. The summed E-state index contributed by atoms with van der Waals surface area (Å²) in [7, 11) is 0. The molecule has 0 unspecified atom stereocenters. The van der Waals surface area contributed by atoms with Crippen LogP contribution >= 0.6 is 0 Å². The van der Waals surface area contributed by atoms with E-state index in [1.807, 2.05) is 6.92 Å². The van der Waals surface area contributed by atoms with Gasteiger partial charge >= 0.3 is 5.97 Å². The lowest BCUT2D eigenvalue weighted by Gasteiger charge is -2.10. The first kappa shape index (κ1) is 19.5. The van der Waals surface area contributed by atoms with Gasteiger partial charge in [0.15, 0.2) is 6.61 Å². The molecule has 0 bridgehead atoms. The average molecular weight is 358 g/mol. The molecule has 7 nitrogen and oxygen atoms in total. The quantitative estimate of drug-likeness (QED) is 0.432. The Kier molecular flexibility index (Phi) is 7.65. The molecule has 1 fully saturated rings. The van der Waals surface area contributed by atoms with E-state index < -0.39 is 18.5 Å². The number of nitrogens with one attached hydrogen (secondary N) is 1. The van der Waals surface area contributed by atoms with Crippen molar-refractivity contribution >= 4 is 18.0 Å². The second-order valence-corrected chi connectivity index (χ2v) is 5.69. The van der Waals surface area contributed by atoms with Crippen molar-refractivity contribution in [1.82, 2.24) is 5.32 Å². The van der Waals surface area contributed by atoms with Gasteiger partial charge in [0.25, 0.3) is 5.91 Å². The molecule has 0 aromatic heterocycles. The van der Waals surface area contributed by atoms with Crippen molar-refractivity contribution in [2.45, 2.75) is 25.9 Å². The molecular formula is C19H22N2O5. The fourth-order valence-corrected chi connectivity index (χ4v) is 2.42. The van der Waals surface area contributed by atoms with Gasteiger partial charge in [0.05, 0.1) is 12.7 Å². The second-order valence-electron chi connectivity index (χ2n) is 5.69. The number of amides is 1. The maximum absolute atomic E-state index is 12.0. The van der Waals surface area contributed by atoms with Gasteiger partial charge in [0.2, 0.25) is 0 Å². The minimum Gasteiger partial charge on any atom is -0.494 e. The zero-order valence-corrected chi connectivity index (χ0v) is 14.7. The van der Waals surface area contributed by atoms with E-state index in [1.165, 1.54) is 6.08 Å². The van der Waals surface area contributed by atoms with Crippen LogP contribution in [0.2, 0.25) is 0 Å². The molecular weight excluding hydrogens is 336 g/mol. The van der Waals surface area contributed by atoms with Crippen LogP contribution in [0.1, 0.15) is 25.3 Å². The normalized spacial score (nSPS) is 16.6. The summed E-state index contributed by atoms with van der Waals surface area (Å²) in [5.74, 6) is -0.561. The zero-order valence-electron chi connectivity index (χ0n) is 14.7. The van der Waals surface area contributed by atoms with E-state index in [2.05, 4.69) is 5.32 Å². The first-order valence-electron chi connectivity index (χ1n) is 8.52. The number of ether oxygens (including phenoxy) is 3. The van der Waals surface area contributed by atoms with Gasteiger partial charge in [-0.25, -0.2) is 4.79 Å². The molecule has 1 saturated heterocycles. The Balaban J connectivity index is 1.83. The molecule has 1 aliphatic heterocycles. The summed E-state index contributed by atoms with van der Waals surface area (Å²) in [6.07, 6.45) is 3.31. The van der Waals surface area contributed by atoms with Crippen LogP contribution in [-0.4, -0.2) is 44.3 Å². The molecule has 0 saturated carbocycles. The molecule has 1 atom stereocenters. The molecule has 0 radical (unpaired) electrons. The van der Waals surface area contributed by atoms with Crippen LogP contribution in [0.25, 0.3) is 6.08 Å². The van der Waals surface area contributed by atoms with Gasteiger partial charge in [0.1, 0.15) is 17.4 Å². The van der Waals surface area contributed by atoms with E-state index in [1.54, 1.807) is 30.3 Å². The van der Waals surface area contributed by atoms with E-state index in [9.17, 15) is 9.59 Å². The highest BCUT2D eigenvalue weighted by atomic mass is 16.5. The maximum atomic E-state index is 12.0. The largest absolute Gasteiger partial charge is 0.494 e. The third-order valence-electron chi connectivity index (χ3n) is 3.73. The van der Waals surface area contributed by atoms with E-state index in [0.717, 1.165) is 12.8 Å². The Hall–Kier alpha value is -2.85. The third kappa shape index (κ3) is 6.22. The molecule has 1 aromatic rings. The molecule has 7 heteroatoms. The van der Waals surface area contributed by atoms with E-state index >= 15 is 0 Å². The van der Waals surface area contributed by atoms with Crippen molar-refractivity contribution in [3.05, 3.63) is 35.4 Å². The minimum absolute atomic E-state index is 0.0175. The van der Waals surface area contributed by atoms with Crippen molar-refractivity contribution < 1.29 is 23.8 Å². The Bertz CT molecular complexity index is 685. The van der Waals surface area contributed by atoms with Gasteiger partial charge in [-0.1, -0.05) is 12.1 Å². The van der Waals surface area contributed by atoms with E-state index in [-0.39, 0.29) is 11.7 Å². The predicted octanol–water partition coefficient (Wildman–Crippen LogP) is 1.83. The van der Waals surface area contributed by atoms with Crippen molar-refractivity contribution in [1.29, 1.82) is 5.26 Å². The highest BCUT2D eigenvalue weighted by Gasteiger charge is 2.17. The SMILES string of the molecule is CCOc1ccc(/C=C(\C#N)C(=O)OCC(=O)NC[C@H]2CCCO2)cc1. The van der Waals surface area contributed by atoms with Crippen molar-refractivity contribution in [3.8, 4) is 11.8 Å². The summed E-state index contributed by atoms with van der Waals surface area (Å²) in [6.45, 7) is 3.10. The number of hydrogen-bond acceptors (Lipinski definition) is 6. The third-order valence-corrected chi connectivity index (χ3v) is 3.73. The van der Waals surface area contributed by atoms with E-state index in [4.69, 9.17) is 19.5 Å². The standard InChI is InChI=1S/C19H22N2O5/c1-2-24-16-7-5-14(6-8-16)10-15(11-20)19(23)26-13-18(22)21-12-17-4-3-9-25-17/h5-8,10,17H,2-4,9,12-13H2,1H3,(H,21,22)/b15-10+/t17-/m1/s1. The lowest BCUT2D eigenvalue weighted by Crippen LogP contribution is -2.34. The molecule has 1 heterocycles. The molecule has 0 aliphatic carbocycles. The van der Waals surface area contributed by atoms with Crippen molar-refractivity contribution in [2.75, 3.05) is 26.4 Å². The highest BCUT2D eigenvalue weighted by molar-refractivity contribution is 5.98. The topological polar surface area (TPSA) is 97.6 Å². The van der Waals surface area contributed by atoms with Crippen LogP contribution < -0.4 is 10.1 Å². The zero-order chi connectivity index (χ0) is 18.8. The molecule has 2 rings (SSSR count). The predicted molar refractivity (Wildman–Crippen MR) is 94.1 cm³/mol. The number of esters is 1. The Morgan fingerprint density at radius 3 is 2.77 bits per heavy atom. The molecule has 1 N–H and O–H groups in total. The summed E-state index contributed by atoms with van der Waals surface area (Å²) < 4.78 is 15.6. The monoisotopic (exact) mass is 358 g/mol. The summed E-state index contributed by atoms with van der Waals surface area (Å²) in [5, 5.41) is 11.8. The van der Waals surface area contributed by atoms with Crippen LogP contribution in [0.4, 0.5) is 0 Å². The van der Waals surface area contributed by atoms with Gasteiger partial charge in [-0.3, -0.25) is 4.79 Å². The minimum atomic E-state index is -0.839. The van der Waals surface area contributed by atoms with Crippen LogP contribution in [-0.2, 0) is 19.1 Å². The second kappa shape index (κ2) is 10.2. The molecule has 1 aromatic carbocycles. The first-order valence-corrected chi connectivity index (χ1v) is 8.52. The van der Waals surface area contributed by atoms with Crippen LogP contribution in [0.3, 0.4) is 0 Å². The Labute approximate surface area is 152 Å². The van der Waals surface area contributed by atoms with E-state index in [0.29, 0.717) is 31.1 Å². The van der Waals surface area contributed by atoms with Crippen molar-refractivity contribution in [2.24, 2.45) is 0 Å². The van der Waals surface area contributed by atoms with Gasteiger partial charge in [-0.2, -0.15) is 5.26 Å². The molecule has 26 heavy (non-hydrogen) atoms. The molecule has 1 aliphatic rings. The van der Waals surface area contributed by atoms with Gasteiger partial charge < -0.3 is 19.5 Å². The van der Waals surface area contributed by atoms with Gasteiger partial charge in [0, 0.05) is 13.2 Å². The summed E-state index contributed by atoms with van der Waals surface area (Å²) in [6, 6.07) is 8.73. The number of nitrogens with zero attached hydrogens (tertiary/aromatic N) is 1. The number of benzene rings is 1. The first-order chi connectivity index (χ1) is 12.6. The van der Waals surface area contributed by atoms with Gasteiger partial charge in [-0.05, 0) is 43.5 Å². The fraction of sp³-hybridized carbons (Fsp3) is 0.421. The van der Waals surface area contributed by atoms with Crippen LogP contribution in [0, 0.1) is 11.3 Å². The average Bonchev–Trinajstić information content (AvgIpc) is 3.17. The lowest BCUT2D eigenvalue weighted by molar-refractivity contribution is -0.144. The number of nitriles is 1. The fourth-order valence-electron chi connectivity index (χ4n) is 2.42. The number of rotatable bonds is 8. The van der Waals surface area contributed by atoms with Gasteiger partial charge in [-0.15, -0.1) is 0 Å². The highest BCUT2D eigenvalue weighted by Crippen LogP contribution is 2.15. The number of carbonyl (C=O) groups excluding carboxylic acids is 2. The molecule has 0 spiro atoms. The number of carbonyl (C=O) groups is 2. The Morgan fingerprint density at radius 2 is 2.15 bits per heavy atom. The summed E-state index contributed by atoms with van der Waals surface area (Å²) in [5.41, 5.74) is 0.478. The maximum Gasteiger partial charge on any atom is 0.349 e. The number of hydrogen-bond donors (Lipinski definition) is 1.